The number of nitrogens with one attached hydrogen (secondary N) is 1. The molecule has 1 N–H and O–H groups in total. The molecular formula is C10H9ClN2O2. The van der Waals surface area contributed by atoms with E-state index in [1.54, 1.807) is 25.1 Å². The summed E-state index contributed by atoms with van der Waals surface area (Å²) in [4.78, 5) is 11.5. The molecule has 1 heterocycles. The summed E-state index contributed by atoms with van der Waals surface area (Å²) < 4.78 is 4.88. The number of nitrogens with zero attached hydrogens (tertiary/aromatic N) is 1. The van der Waals surface area contributed by atoms with Gasteiger partial charge in [0.25, 0.3) is 0 Å². The highest BCUT2D eigenvalue weighted by atomic mass is 35.5. The topological polar surface area (TPSA) is 55.0 Å². The number of para-hydroxylation sites is 1. The number of hydrogen-bond acceptors (Lipinski definition) is 3. The summed E-state index contributed by atoms with van der Waals surface area (Å²) in [5.74, 6) is -0.415. The van der Waals surface area contributed by atoms with E-state index < -0.39 is 5.97 Å². The fraction of sp³-hybridized carbons (Fsp3) is 0.200. The predicted octanol–water partition coefficient (Wildman–Crippen LogP) is 2.39. The molecule has 0 atom stereocenters. The molecule has 0 fully saturated rings. The average Bonchev–Trinajstić information content (AvgIpc) is 2.63. The van der Waals surface area contributed by atoms with Crippen molar-refractivity contribution in [2.24, 2.45) is 0 Å². The Kier molecular flexibility index (Phi) is 2.60. The quantitative estimate of drug-likeness (QED) is 0.797. The lowest BCUT2D eigenvalue weighted by atomic mass is 10.2. The van der Waals surface area contributed by atoms with Crippen LogP contribution in [0.1, 0.15) is 17.4 Å². The maximum Gasteiger partial charge on any atom is 0.356 e. The largest absolute Gasteiger partial charge is 0.461 e. The molecule has 2 rings (SSSR count). The van der Waals surface area contributed by atoms with E-state index in [9.17, 15) is 4.79 Å². The van der Waals surface area contributed by atoms with E-state index in [0.717, 1.165) is 0 Å². The van der Waals surface area contributed by atoms with Gasteiger partial charge in [0.15, 0.2) is 5.69 Å². The molecule has 0 saturated carbocycles. The molecule has 0 aliphatic carbocycles. The van der Waals surface area contributed by atoms with Gasteiger partial charge >= 0.3 is 5.97 Å². The van der Waals surface area contributed by atoms with E-state index in [2.05, 4.69) is 10.2 Å². The van der Waals surface area contributed by atoms with Crippen LogP contribution >= 0.6 is 11.6 Å². The van der Waals surface area contributed by atoms with Gasteiger partial charge in [0.1, 0.15) is 5.52 Å². The van der Waals surface area contributed by atoms with Gasteiger partial charge in [-0.3, -0.25) is 5.10 Å². The minimum atomic E-state index is -0.415. The van der Waals surface area contributed by atoms with E-state index in [0.29, 0.717) is 28.2 Å². The zero-order chi connectivity index (χ0) is 10.8. The van der Waals surface area contributed by atoms with Gasteiger partial charge in [-0.2, -0.15) is 5.10 Å². The molecular weight excluding hydrogens is 216 g/mol. The Morgan fingerprint density at radius 3 is 3.13 bits per heavy atom. The predicted molar refractivity (Wildman–Crippen MR) is 57.1 cm³/mol. The van der Waals surface area contributed by atoms with E-state index in [4.69, 9.17) is 16.3 Å². The Hall–Kier alpha value is -1.55. The first kappa shape index (κ1) is 9.98. The van der Waals surface area contributed by atoms with Crippen LogP contribution in [0.25, 0.3) is 10.9 Å². The van der Waals surface area contributed by atoms with E-state index in [1.165, 1.54) is 0 Å². The van der Waals surface area contributed by atoms with E-state index in [-0.39, 0.29) is 0 Å². The third kappa shape index (κ3) is 1.68. The molecule has 0 saturated heterocycles. The lowest BCUT2D eigenvalue weighted by Gasteiger charge is -1.98. The second-order valence-corrected chi connectivity index (χ2v) is 3.36. The second kappa shape index (κ2) is 3.90. The SMILES string of the molecule is CCOC(=O)c1[nH]nc2c(Cl)cccc12. The summed E-state index contributed by atoms with van der Waals surface area (Å²) in [5, 5.41) is 7.79. The van der Waals surface area contributed by atoms with Gasteiger partial charge in [0.2, 0.25) is 0 Å². The number of H-pyrrole nitrogens is 1. The lowest BCUT2D eigenvalue weighted by Crippen LogP contribution is -2.05. The van der Waals surface area contributed by atoms with Crippen molar-refractivity contribution < 1.29 is 9.53 Å². The Morgan fingerprint density at radius 1 is 1.60 bits per heavy atom. The van der Waals surface area contributed by atoms with Crippen molar-refractivity contribution in [3.05, 3.63) is 28.9 Å². The highest BCUT2D eigenvalue weighted by Gasteiger charge is 2.15. The van der Waals surface area contributed by atoms with Crippen molar-refractivity contribution in [3.8, 4) is 0 Å². The average molecular weight is 225 g/mol. The number of aromatic amines is 1. The zero-order valence-electron chi connectivity index (χ0n) is 8.08. The van der Waals surface area contributed by atoms with Gasteiger partial charge in [0, 0.05) is 5.39 Å². The fourth-order valence-electron chi connectivity index (χ4n) is 1.36. The number of halogens is 1. The molecule has 0 aliphatic heterocycles. The van der Waals surface area contributed by atoms with Crippen molar-refractivity contribution in [1.82, 2.24) is 10.2 Å². The highest BCUT2D eigenvalue weighted by Crippen LogP contribution is 2.23. The molecule has 1 aromatic heterocycles. The second-order valence-electron chi connectivity index (χ2n) is 2.96. The highest BCUT2D eigenvalue weighted by molar-refractivity contribution is 6.35. The monoisotopic (exact) mass is 224 g/mol. The van der Waals surface area contributed by atoms with Crippen molar-refractivity contribution in [2.75, 3.05) is 6.61 Å². The Labute approximate surface area is 91.2 Å². The molecule has 4 nitrogen and oxygen atoms in total. The number of carbonyl (C=O) groups excluding carboxylic acids is 1. The van der Waals surface area contributed by atoms with Crippen molar-refractivity contribution in [2.45, 2.75) is 6.92 Å². The van der Waals surface area contributed by atoms with Crippen LogP contribution in [0, 0.1) is 0 Å². The minimum absolute atomic E-state index is 0.333. The van der Waals surface area contributed by atoms with Gasteiger partial charge in [0.05, 0.1) is 11.6 Å². The molecule has 0 spiro atoms. The molecule has 78 valence electrons. The molecule has 0 amide bonds. The third-order valence-corrected chi connectivity index (χ3v) is 2.32. The van der Waals surface area contributed by atoms with Crippen LogP contribution in [-0.4, -0.2) is 22.8 Å². The first-order valence-electron chi connectivity index (χ1n) is 4.53. The van der Waals surface area contributed by atoms with Crippen LogP contribution < -0.4 is 0 Å². The third-order valence-electron chi connectivity index (χ3n) is 2.02. The molecule has 0 unspecified atom stereocenters. The number of carbonyl (C=O) groups is 1. The Morgan fingerprint density at radius 2 is 2.40 bits per heavy atom. The van der Waals surface area contributed by atoms with E-state index >= 15 is 0 Å². The number of ether oxygens (including phenoxy) is 1. The fourth-order valence-corrected chi connectivity index (χ4v) is 1.58. The molecule has 15 heavy (non-hydrogen) atoms. The maximum absolute atomic E-state index is 11.5. The van der Waals surface area contributed by atoms with Gasteiger partial charge in [-0.1, -0.05) is 23.7 Å². The zero-order valence-corrected chi connectivity index (χ0v) is 8.84. The summed E-state index contributed by atoms with van der Waals surface area (Å²) in [6.07, 6.45) is 0. The van der Waals surface area contributed by atoms with Crippen molar-refractivity contribution in [3.63, 3.8) is 0 Å². The number of fused-ring (bicyclic) bond motifs is 1. The summed E-state index contributed by atoms with van der Waals surface area (Å²) in [7, 11) is 0. The normalized spacial score (nSPS) is 10.5. The maximum atomic E-state index is 11.5. The molecule has 1 aromatic carbocycles. The van der Waals surface area contributed by atoms with Crippen LogP contribution in [-0.2, 0) is 4.74 Å². The molecule has 0 radical (unpaired) electrons. The summed E-state index contributed by atoms with van der Waals surface area (Å²) in [6, 6.07) is 5.26. The van der Waals surface area contributed by atoms with Crippen LogP contribution in [0.3, 0.4) is 0 Å². The van der Waals surface area contributed by atoms with Gasteiger partial charge in [-0.05, 0) is 13.0 Å². The molecule has 2 aromatic rings. The first-order chi connectivity index (χ1) is 7.24. The Bertz CT molecular complexity index is 507. The number of benzene rings is 1. The van der Waals surface area contributed by atoms with Crippen LogP contribution in [0.4, 0.5) is 0 Å². The van der Waals surface area contributed by atoms with Gasteiger partial charge < -0.3 is 4.74 Å². The summed E-state index contributed by atoms with van der Waals surface area (Å²) in [5.41, 5.74) is 0.927. The van der Waals surface area contributed by atoms with Gasteiger partial charge in [-0.15, -0.1) is 0 Å². The molecule has 0 aliphatic rings. The molecule has 5 heteroatoms. The van der Waals surface area contributed by atoms with Gasteiger partial charge in [-0.25, -0.2) is 4.79 Å². The number of hydrogen-bond donors (Lipinski definition) is 1. The van der Waals surface area contributed by atoms with E-state index in [1.807, 2.05) is 0 Å². The summed E-state index contributed by atoms with van der Waals surface area (Å²) >= 11 is 5.92. The van der Waals surface area contributed by atoms with Crippen molar-refractivity contribution >= 4 is 28.5 Å². The van der Waals surface area contributed by atoms with Crippen LogP contribution in [0.15, 0.2) is 18.2 Å². The number of esters is 1. The molecule has 0 bridgehead atoms. The lowest BCUT2D eigenvalue weighted by molar-refractivity contribution is 0.0521. The Balaban J connectivity index is 2.54. The van der Waals surface area contributed by atoms with Crippen molar-refractivity contribution in [1.29, 1.82) is 0 Å². The standard InChI is InChI=1S/C10H9ClN2O2/c1-2-15-10(14)9-6-4-3-5-7(11)8(6)12-13-9/h3-5H,2H2,1H3,(H,12,13). The van der Waals surface area contributed by atoms with Crippen LogP contribution in [0.5, 0.6) is 0 Å². The number of aromatic nitrogens is 2. The first-order valence-corrected chi connectivity index (χ1v) is 4.91. The number of rotatable bonds is 2. The minimum Gasteiger partial charge on any atom is -0.461 e. The van der Waals surface area contributed by atoms with Crippen LogP contribution in [0.2, 0.25) is 5.02 Å². The smallest absolute Gasteiger partial charge is 0.356 e. The summed E-state index contributed by atoms with van der Waals surface area (Å²) in [6.45, 7) is 2.09.